The lowest BCUT2D eigenvalue weighted by molar-refractivity contribution is -0.139. The summed E-state index contributed by atoms with van der Waals surface area (Å²) in [4.78, 5) is 10.3. The highest BCUT2D eigenvalue weighted by atomic mass is 79.9. The van der Waals surface area contributed by atoms with Gasteiger partial charge in [-0.2, -0.15) is 0 Å². The van der Waals surface area contributed by atoms with Crippen LogP contribution in [0.3, 0.4) is 0 Å². The fourth-order valence-electron chi connectivity index (χ4n) is 0.566. The van der Waals surface area contributed by atoms with Crippen LogP contribution in [0.1, 0.15) is 0 Å². The smallest absolute Gasteiger partial charge is 0.311 e. The molecule has 0 amide bonds. The Balaban J connectivity index is 2.57. The molecule has 1 rings (SSSR count). The number of carbonyl (C=O) groups is 1. The Labute approximate surface area is 65.4 Å². The van der Waals surface area contributed by atoms with Crippen LogP contribution in [0, 0.1) is 5.92 Å². The zero-order valence-electron chi connectivity index (χ0n) is 4.50. The monoisotopic (exact) mass is 208 g/mol. The van der Waals surface area contributed by atoms with Gasteiger partial charge in [0.1, 0.15) is 0 Å². The summed E-state index contributed by atoms with van der Waals surface area (Å²) in [6.45, 7) is 0. The molecule has 0 aromatic heterocycles. The minimum absolute atomic E-state index is 0.288. The van der Waals surface area contributed by atoms with Crippen LogP contribution in [0.4, 0.5) is 0 Å². The Bertz CT molecular complexity index is 166. The minimum Gasteiger partial charge on any atom is -0.481 e. The number of aliphatic carboxylic acids is 1. The summed E-state index contributed by atoms with van der Waals surface area (Å²) < 4.78 is 0.940. The van der Waals surface area contributed by atoms with Crippen molar-refractivity contribution < 1.29 is 9.90 Å². The fraction of sp³-hybridized carbons (Fsp3) is 0.400. The van der Waals surface area contributed by atoms with E-state index in [4.69, 9.17) is 5.11 Å². The van der Waals surface area contributed by atoms with Gasteiger partial charge in [0.15, 0.2) is 0 Å². The van der Waals surface area contributed by atoms with Crippen LogP contribution >= 0.6 is 27.7 Å². The maximum Gasteiger partial charge on any atom is 0.311 e. The van der Waals surface area contributed by atoms with Crippen LogP contribution in [-0.4, -0.2) is 16.8 Å². The number of hydrogen-bond donors (Lipinski definition) is 1. The van der Waals surface area contributed by atoms with Gasteiger partial charge in [0.05, 0.1) is 5.92 Å². The van der Waals surface area contributed by atoms with Crippen molar-refractivity contribution >= 4 is 33.7 Å². The van der Waals surface area contributed by atoms with Crippen molar-refractivity contribution in [2.75, 3.05) is 5.75 Å². The second kappa shape index (κ2) is 2.75. The number of carboxylic acid groups (broad SMARTS) is 1. The first-order valence-electron chi connectivity index (χ1n) is 2.43. The topological polar surface area (TPSA) is 37.3 Å². The zero-order chi connectivity index (χ0) is 6.85. The van der Waals surface area contributed by atoms with E-state index in [2.05, 4.69) is 15.9 Å². The van der Waals surface area contributed by atoms with E-state index in [0.29, 0.717) is 5.75 Å². The average Bonchev–Trinajstić information content (AvgIpc) is 2.14. The van der Waals surface area contributed by atoms with Gasteiger partial charge in [-0.25, -0.2) is 0 Å². The number of halogens is 1. The van der Waals surface area contributed by atoms with Crippen LogP contribution in [0.5, 0.6) is 0 Å². The molecule has 0 aromatic rings. The second-order valence-electron chi connectivity index (χ2n) is 1.73. The van der Waals surface area contributed by atoms with Gasteiger partial charge in [0, 0.05) is 9.57 Å². The van der Waals surface area contributed by atoms with Crippen molar-refractivity contribution in [3.05, 3.63) is 9.89 Å². The SMILES string of the molecule is O=C(O)C1C=C(Br)SC1. The standard InChI is InChI=1S/C5H5BrO2S/c6-4-1-3(2-9-4)5(7)8/h1,3H,2H2,(H,7,8). The highest BCUT2D eigenvalue weighted by molar-refractivity contribution is 9.14. The Kier molecular flexibility index (Phi) is 2.18. The number of thioether (sulfide) groups is 1. The van der Waals surface area contributed by atoms with Gasteiger partial charge in [-0.3, -0.25) is 4.79 Å². The first-order valence-corrected chi connectivity index (χ1v) is 4.21. The van der Waals surface area contributed by atoms with E-state index in [1.807, 2.05) is 0 Å². The van der Waals surface area contributed by atoms with E-state index < -0.39 is 5.97 Å². The molecule has 9 heavy (non-hydrogen) atoms. The van der Waals surface area contributed by atoms with Crippen LogP contribution in [0.15, 0.2) is 9.89 Å². The quantitative estimate of drug-likeness (QED) is 0.713. The van der Waals surface area contributed by atoms with E-state index in [9.17, 15) is 4.79 Å². The molecule has 0 aliphatic carbocycles. The van der Waals surface area contributed by atoms with Gasteiger partial charge in [-0.05, 0) is 22.0 Å². The lowest BCUT2D eigenvalue weighted by Crippen LogP contribution is -2.10. The van der Waals surface area contributed by atoms with Gasteiger partial charge in [-0.1, -0.05) is 0 Å². The van der Waals surface area contributed by atoms with Crippen molar-refractivity contribution in [1.82, 2.24) is 0 Å². The fourth-order valence-corrected chi connectivity index (χ4v) is 2.12. The molecule has 1 atom stereocenters. The summed E-state index contributed by atoms with van der Waals surface area (Å²) >= 11 is 4.74. The van der Waals surface area contributed by atoms with E-state index in [0.717, 1.165) is 3.81 Å². The molecule has 50 valence electrons. The molecule has 0 fully saturated rings. The van der Waals surface area contributed by atoms with Crippen LogP contribution in [0.25, 0.3) is 0 Å². The molecule has 0 radical (unpaired) electrons. The number of hydrogen-bond acceptors (Lipinski definition) is 2. The summed E-state index contributed by atoms with van der Waals surface area (Å²) in [5.41, 5.74) is 0. The van der Waals surface area contributed by atoms with Gasteiger partial charge in [0.25, 0.3) is 0 Å². The molecular formula is C5H5BrO2S. The highest BCUT2D eigenvalue weighted by Gasteiger charge is 2.20. The molecule has 1 aliphatic rings. The molecular weight excluding hydrogens is 204 g/mol. The molecule has 1 aliphatic heterocycles. The van der Waals surface area contributed by atoms with Gasteiger partial charge in [0.2, 0.25) is 0 Å². The van der Waals surface area contributed by atoms with Crippen LogP contribution < -0.4 is 0 Å². The van der Waals surface area contributed by atoms with Crippen molar-refractivity contribution in [3.8, 4) is 0 Å². The molecule has 2 nitrogen and oxygen atoms in total. The van der Waals surface area contributed by atoms with Crippen molar-refractivity contribution in [1.29, 1.82) is 0 Å². The molecule has 1 heterocycles. The predicted octanol–water partition coefficient (Wildman–Crippen LogP) is 1.67. The third-order valence-electron chi connectivity index (χ3n) is 1.05. The first kappa shape index (κ1) is 7.15. The van der Waals surface area contributed by atoms with Crippen LogP contribution in [0.2, 0.25) is 0 Å². The molecule has 1 unspecified atom stereocenters. The third kappa shape index (κ3) is 1.72. The highest BCUT2D eigenvalue weighted by Crippen LogP contribution is 2.33. The van der Waals surface area contributed by atoms with Crippen LogP contribution in [-0.2, 0) is 4.79 Å². The summed E-state index contributed by atoms with van der Waals surface area (Å²) in [6.07, 6.45) is 1.72. The zero-order valence-corrected chi connectivity index (χ0v) is 6.91. The molecule has 0 saturated carbocycles. The summed E-state index contributed by atoms with van der Waals surface area (Å²) in [5, 5.41) is 8.45. The van der Waals surface area contributed by atoms with Crippen molar-refractivity contribution in [3.63, 3.8) is 0 Å². The largest absolute Gasteiger partial charge is 0.481 e. The van der Waals surface area contributed by atoms with Crippen molar-refractivity contribution in [2.24, 2.45) is 5.92 Å². The molecule has 0 aromatic carbocycles. The Morgan fingerprint density at radius 3 is 2.89 bits per heavy atom. The van der Waals surface area contributed by atoms with Gasteiger partial charge < -0.3 is 5.11 Å². The minimum atomic E-state index is -0.739. The molecule has 0 spiro atoms. The molecule has 1 N–H and O–H groups in total. The van der Waals surface area contributed by atoms with Gasteiger partial charge in [-0.15, -0.1) is 11.8 Å². The number of rotatable bonds is 1. The van der Waals surface area contributed by atoms with E-state index >= 15 is 0 Å². The Morgan fingerprint density at radius 2 is 2.67 bits per heavy atom. The maximum atomic E-state index is 10.3. The second-order valence-corrected chi connectivity index (χ2v) is 4.17. The van der Waals surface area contributed by atoms with E-state index in [-0.39, 0.29) is 5.92 Å². The maximum absolute atomic E-state index is 10.3. The molecule has 0 saturated heterocycles. The summed E-state index contributed by atoms with van der Waals surface area (Å²) in [5.74, 6) is -0.364. The normalized spacial score (nSPS) is 25.9. The number of carboxylic acids is 1. The lowest BCUT2D eigenvalue weighted by Gasteiger charge is -1.94. The van der Waals surface area contributed by atoms with Gasteiger partial charge >= 0.3 is 5.97 Å². The van der Waals surface area contributed by atoms with E-state index in [1.165, 1.54) is 11.8 Å². The molecule has 0 bridgehead atoms. The first-order chi connectivity index (χ1) is 4.20. The summed E-state index contributed by atoms with van der Waals surface area (Å²) in [6, 6.07) is 0. The summed E-state index contributed by atoms with van der Waals surface area (Å²) in [7, 11) is 0. The average molecular weight is 209 g/mol. The molecule has 4 heteroatoms. The Morgan fingerprint density at radius 1 is 2.00 bits per heavy atom. The predicted molar refractivity (Wildman–Crippen MR) is 40.6 cm³/mol. The van der Waals surface area contributed by atoms with E-state index in [1.54, 1.807) is 6.08 Å². The van der Waals surface area contributed by atoms with Crippen molar-refractivity contribution in [2.45, 2.75) is 0 Å². The third-order valence-corrected chi connectivity index (χ3v) is 2.94. The Hall–Kier alpha value is 0.0400. The lowest BCUT2D eigenvalue weighted by atomic mass is 10.2.